The lowest BCUT2D eigenvalue weighted by Crippen LogP contribution is -2.32. The van der Waals surface area contributed by atoms with Gasteiger partial charge in [0, 0.05) is 11.7 Å². The number of hydrogen-bond acceptors (Lipinski definition) is 5. The third-order valence-corrected chi connectivity index (χ3v) is 5.28. The molecule has 31 heavy (non-hydrogen) atoms. The van der Waals surface area contributed by atoms with Crippen LogP contribution in [-0.2, 0) is 9.59 Å². The van der Waals surface area contributed by atoms with E-state index in [1.54, 1.807) is 0 Å². The maximum absolute atomic E-state index is 12.5. The lowest BCUT2D eigenvalue weighted by Gasteiger charge is -2.15. The molecule has 164 valence electrons. The zero-order chi connectivity index (χ0) is 22.5. The molecular formula is C21H20Cl2N2O6. The van der Waals surface area contributed by atoms with Crippen molar-refractivity contribution >= 4 is 46.7 Å². The van der Waals surface area contributed by atoms with E-state index in [2.05, 4.69) is 10.6 Å². The summed E-state index contributed by atoms with van der Waals surface area (Å²) in [4.78, 5) is 34.7. The van der Waals surface area contributed by atoms with Gasteiger partial charge >= 0.3 is 5.97 Å². The third kappa shape index (κ3) is 6.02. The van der Waals surface area contributed by atoms with Gasteiger partial charge in [-0.25, -0.2) is 0 Å². The molecule has 1 aliphatic carbocycles. The fraction of sp³-hybridized carbons (Fsp3) is 0.286. The molecule has 1 fully saturated rings. The topological polar surface area (TPSA) is 125 Å². The maximum atomic E-state index is 12.5. The molecule has 1 aliphatic rings. The number of phenols is 1. The second-order valence-corrected chi connectivity index (χ2v) is 7.94. The highest BCUT2D eigenvalue weighted by Crippen LogP contribution is 2.39. The summed E-state index contributed by atoms with van der Waals surface area (Å²) in [6.07, 6.45) is 3.23. The van der Waals surface area contributed by atoms with Gasteiger partial charge in [0.25, 0.3) is 5.91 Å². The predicted molar refractivity (Wildman–Crippen MR) is 115 cm³/mol. The van der Waals surface area contributed by atoms with Crippen molar-refractivity contribution in [3.05, 3.63) is 45.9 Å². The summed E-state index contributed by atoms with van der Waals surface area (Å²) in [7, 11) is 0. The number of carbonyl (C=O) groups is 3. The van der Waals surface area contributed by atoms with Crippen molar-refractivity contribution < 1.29 is 29.3 Å². The number of anilines is 1. The minimum Gasteiger partial charge on any atom is -0.507 e. The molecule has 0 heterocycles. The van der Waals surface area contributed by atoms with Crippen LogP contribution in [0.1, 0.15) is 42.5 Å². The van der Waals surface area contributed by atoms with E-state index < -0.39 is 24.2 Å². The van der Waals surface area contributed by atoms with E-state index in [-0.39, 0.29) is 44.6 Å². The van der Waals surface area contributed by atoms with E-state index >= 15 is 0 Å². The number of carbonyl (C=O) groups excluding carboxylic acids is 2. The van der Waals surface area contributed by atoms with Gasteiger partial charge in [-0.2, -0.15) is 0 Å². The third-order valence-electron chi connectivity index (χ3n) is 4.72. The van der Waals surface area contributed by atoms with Crippen LogP contribution in [0.5, 0.6) is 17.2 Å². The summed E-state index contributed by atoms with van der Waals surface area (Å²) in [5.41, 5.74) is 0.269. The summed E-state index contributed by atoms with van der Waals surface area (Å²) < 4.78 is 5.72. The Bertz CT molecular complexity index is 998. The van der Waals surface area contributed by atoms with Gasteiger partial charge in [-0.1, -0.05) is 36.0 Å². The molecule has 2 aromatic rings. The van der Waals surface area contributed by atoms with Gasteiger partial charge in [0.15, 0.2) is 5.75 Å². The summed E-state index contributed by atoms with van der Waals surface area (Å²) in [5, 5.41) is 24.1. The van der Waals surface area contributed by atoms with Gasteiger partial charge < -0.3 is 25.6 Å². The van der Waals surface area contributed by atoms with E-state index in [1.807, 2.05) is 0 Å². The van der Waals surface area contributed by atoms with Crippen LogP contribution in [0.2, 0.25) is 10.0 Å². The first-order chi connectivity index (χ1) is 14.7. The fourth-order valence-corrected chi connectivity index (χ4v) is 3.85. The monoisotopic (exact) mass is 466 g/mol. The molecule has 0 aromatic heterocycles. The van der Waals surface area contributed by atoms with Crippen LogP contribution < -0.4 is 15.4 Å². The van der Waals surface area contributed by atoms with Crippen molar-refractivity contribution in [1.82, 2.24) is 5.32 Å². The van der Waals surface area contributed by atoms with Crippen LogP contribution in [0.3, 0.4) is 0 Å². The molecule has 0 spiro atoms. The highest BCUT2D eigenvalue weighted by atomic mass is 35.5. The van der Waals surface area contributed by atoms with E-state index in [0.717, 1.165) is 25.7 Å². The molecule has 0 saturated heterocycles. The number of carboxylic acid groups (broad SMARTS) is 1. The number of hydrogen-bond donors (Lipinski definition) is 4. The fourth-order valence-electron chi connectivity index (χ4n) is 3.28. The number of halogens is 2. The summed E-state index contributed by atoms with van der Waals surface area (Å²) in [6.45, 7) is 0. The van der Waals surface area contributed by atoms with Crippen LogP contribution >= 0.6 is 23.2 Å². The number of rotatable bonds is 7. The summed E-state index contributed by atoms with van der Waals surface area (Å²) >= 11 is 12.4. The summed E-state index contributed by atoms with van der Waals surface area (Å²) in [5.74, 6) is -2.28. The Morgan fingerprint density at radius 1 is 1.06 bits per heavy atom. The van der Waals surface area contributed by atoms with Gasteiger partial charge in [-0.3, -0.25) is 14.4 Å². The number of amides is 2. The van der Waals surface area contributed by atoms with Gasteiger partial charge in [0.05, 0.1) is 15.6 Å². The minimum absolute atomic E-state index is 0.0585. The number of phenolic OH excluding ortho intramolecular Hbond substituents is 1. The summed E-state index contributed by atoms with van der Waals surface area (Å²) in [6, 6.07) is 6.98. The Kier molecular flexibility index (Phi) is 7.25. The van der Waals surface area contributed by atoms with E-state index in [0.29, 0.717) is 0 Å². The van der Waals surface area contributed by atoms with E-state index in [9.17, 15) is 19.5 Å². The molecular weight excluding hydrogens is 447 g/mol. The molecule has 8 nitrogen and oxygen atoms in total. The average molecular weight is 467 g/mol. The smallest absolute Gasteiger partial charge is 0.312 e. The van der Waals surface area contributed by atoms with Crippen LogP contribution in [0, 0.1) is 0 Å². The molecule has 0 bridgehead atoms. The van der Waals surface area contributed by atoms with Crippen molar-refractivity contribution in [2.75, 3.05) is 5.32 Å². The van der Waals surface area contributed by atoms with Gasteiger partial charge in [-0.15, -0.1) is 0 Å². The van der Waals surface area contributed by atoms with E-state index in [1.165, 1.54) is 30.3 Å². The van der Waals surface area contributed by atoms with E-state index in [4.69, 9.17) is 33.0 Å². The van der Waals surface area contributed by atoms with Crippen molar-refractivity contribution in [2.45, 2.75) is 38.1 Å². The maximum Gasteiger partial charge on any atom is 0.312 e. The Morgan fingerprint density at radius 3 is 2.32 bits per heavy atom. The Hall–Kier alpha value is -2.97. The molecule has 2 amide bonds. The number of benzene rings is 2. The lowest BCUT2D eigenvalue weighted by molar-refractivity contribution is -0.139. The Labute approximate surface area is 188 Å². The molecule has 0 unspecified atom stereocenters. The predicted octanol–water partition coefficient (Wildman–Crippen LogP) is 4.58. The van der Waals surface area contributed by atoms with Crippen molar-refractivity contribution in [3.8, 4) is 17.2 Å². The SMILES string of the molecule is O=C(O)CC(=O)Nc1cc(Cl)c(Oc2ccc(O)c(C(=O)NC3CCCC3)c2)c(Cl)c1. The first-order valence-electron chi connectivity index (χ1n) is 9.55. The minimum atomic E-state index is -1.27. The molecule has 0 radical (unpaired) electrons. The standard InChI is InChI=1S/C21H20Cl2N2O6/c22-15-7-12(24-18(27)10-19(28)29)8-16(23)20(15)31-13-5-6-17(26)14(9-13)21(30)25-11-3-1-2-4-11/h5-9,11,26H,1-4,10H2,(H,24,27)(H,25,30)(H,28,29). The lowest BCUT2D eigenvalue weighted by atomic mass is 10.1. The van der Waals surface area contributed by atoms with Crippen molar-refractivity contribution in [2.24, 2.45) is 0 Å². The van der Waals surface area contributed by atoms with Crippen molar-refractivity contribution in [3.63, 3.8) is 0 Å². The molecule has 1 saturated carbocycles. The molecule has 2 aromatic carbocycles. The number of nitrogens with one attached hydrogen (secondary N) is 2. The number of aromatic hydroxyl groups is 1. The first kappa shape index (κ1) is 22.7. The van der Waals surface area contributed by atoms with Gasteiger partial charge in [-0.05, 0) is 43.2 Å². The highest BCUT2D eigenvalue weighted by Gasteiger charge is 2.21. The Balaban J connectivity index is 1.76. The number of ether oxygens (including phenoxy) is 1. The highest BCUT2D eigenvalue weighted by molar-refractivity contribution is 6.37. The van der Waals surface area contributed by atoms with Crippen LogP contribution in [0.15, 0.2) is 30.3 Å². The second kappa shape index (κ2) is 9.89. The average Bonchev–Trinajstić information content (AvgIpc) is 3.18. The number of aliphatic carboxylic acids is 1. The second-order valence-electron chi connectivity index (χ2n) is 7.12. The normalized spacial score (nSPS) is 13.6. The zero-order valence-corrected chi connectivity index (χ0v) is 17.8. The first-order valence-corrected chi connectivity index (χ1v) is 10.3. The van der Waals surface area contributed by atoms with Crippen LogP contribution in [-0.4, -0.2) is 34.0 Å². The van der Waals surface area contributed by atoms with Crippen molar-refractivity contribution in [1.29, 1.82) is 0 Å². The quantitative estimate of drug-likeness (QED) is 0.442. The molecule has 4 N–H and O–H groups in total. The van der Waals surface area contributed by atoms with Crippen LogP contribution in [0.4, 0.5) is 5.69 Å². The molecule has 10 heteroatoms. The molecule has 0 aliphatic heterocycles. The van der Waals surface area contributed by atoms with Gasteiger partial charge in [0.1, 0.15) is 17.9 Å². The zero-order valence-electron chi connectivity index (χ0n) is 16.3. The Morgan fingerprint density at radius 2 is 1.71 bits per heavy atom. The molecule has 0 atom stereocenters. The number of carboxylic acids is 1. The van der Waals surface area contributed by atoms with Crippen LogP contribution in [0.25, 0.3) is 0 Å². The molecule has 3 rings (SSSR count). The largest absolute Gasteiger partial charge is 0.507 e. The van der Waals surface area contributed by atoms with Gasteiger partial charge in [0.2, 0.25) is 5.91 Å².